The molecule has 0 fully saturated rings. The van der Waals surface area contributed by atoms with Crippen molar-refractivity contribution in [2.24, 2.45) is 0 Å². The van der Waals surface area contributed by atoms with Gasteiger partial charge in [0, 0.05) is 12.6 Å². The topological polar surface area (TPSA) is 32.3 Å². The molecule has 0 radical (unpaired) electrons. The quantitative estimate of drug-likeness (QED) is 0.775. The Morgan fingerprint density at radius 2 is 2.06 bits per heavy atom. The molecule has 88 valence electrons. The molecule has 0 spiro atoms. The minimum Gasteiger partial charge on any atom is -0.395 e. The summed E-state index contributed by atoms with van der Waals surface area (Å²) in [6.07, 6.45) is 4.79. The average molecular weight is 223 g/mol. The second kappa shape index (κ2) is 7.14. The van der Waals surface area contributed by atoms with Gasteiger partial charge in [-0.05, 0) is 24.1 Å². The molecule has 3 heteroatoms. The first-order valence-corrected chi connectivity index (χ1v) is 5.52. The molecular formula is C13H18FNO. The van der Waals surface area contributed by atoms with Crippen molar-refractivity contribution in [1.82, 2.24) is 5.32 Å². The predicted octanol–water partition coefficient (Wildman–Crippen LogP) is 2.20. The van der Waals surface area contributed by atoms with Crippen LogP contribution in [-0.4, -0.2) is 24.3 Å². The van der Waals surface area contributed by atoms with E-state index in [0.29, 0.717) is 6.54 Å². The first-order chi connectivity index (χ1) is 7.76. The lowest BCUT2D eigenvalue weighted by molar-refractivity contribution is 0.242. The summed E-state index contributed by atoms with van der Waals surface area (Å²) in [6, 6.07) is 6.49. The molecule has 0 saturated carbocycles. The van der Waals surface area contributed by atoms with Crippen LogP contribution in [0.15, 0.2) is 30.3 Å². The van der Waals surface area contributed by atoms with Gasteiger partial charge in [-0.2, -0.15) is 0 Å². The van der Waals surface area contributed by atoms with Crippen LogP contribution in [0.4, 0.5) is 4.39 Å². The van der Waals surface area contributed by atoms with Gasteiger partial charge in [-0.15, -0.1) is 0 Å². The van der Waals surface area contributed by atoms with Crippen LogP contribution in [0.2, 0.25) is 0 Å². The van der Waals surface area contributed by atoms with Crippen LogP contribution in [0.3, 0.4) is 0 Å². The normalized spacial score (nSPS) is 13.2. The zero-order chi connectivity index (χ0) is 11.8. The number of halogens is 1. The van der Waals surface area contributed by atoms with Crippen molar-refractivity contribution in [3.63, 3.8) is 0 Å². The SMILES string of the molecule is CC[C@H](CO)NC/C=C/c1ccc(F)cc1. The number of rotatable bonds is 6. The van der Waals surface area contributed by atoms with Crippen molar-refractivity contribution in [3.05, 3.63) is 41.7 Å². The van der Waals surface area contributed by atoms with Gasteiger partial charge in [-0.1, -0.05) is 31.2 Å². The van der Waals surface area contributed by atoms with Crippen molar-refractivity contribution in [2.45, 2.75) is 19.4 Å². The Hall–Kier alpha value is -1.19. The van der Waals surface area contributed by atoms with Crippen LogP contribution < -0.4 is 5.32 Å². The van der Waals surface area contributed by atoms with E-state index in [2.05, 4.69) is 5.32 Å². The van der Waals surface area contributed by atoms with E-state index < -0.39 is 0 Å². The molecule has 0 saturated heterocycles. The van der Waals surface area contributed by atoms with E-state index in [1.54, 1.807) is 12.1 Å². The molecule has 0 amide bonds. The van der Waals surface area contributed by atoms with E-state index >= 15 is 0 Å². The van der Waals surface area contributed by atoms with Gasteiger partial charge in [-0.3, -0.25) is 0 Å². The van der Waals surface area contributed by atoms with Gasteiger partial charge in [0.1, 0.15) is 5.82 Å². The highest BCUT2D eigenvalue weighted by atomic mass is 19.1. The summed E-state index contributed by atoms with van der Waals surface area (Å²) >= 11 is 0. The molecule has 0 bridgehead atoms. The number of hydrogen-bond donors (Lipinski definition) is 2. The van der Waals surface area contributed by atoms with Crippen molar-refractivity contribution >= 4 is 6.08 Å². The maximum absolute atomic E-state index is 12.6. The maximum atomic E-state index is 12.6. The van der Waals surface area contributed by atoms with E-state index in [1.165, 1.54) is 12.1 Å². The molecule has 1 atom stereocenters. The summed E-state index contributed by atoms with van der Waals surface area (Å²) in [5.74, 6) is -0.221. The standard InChI is InChI=1S/C13H18FNO/c1-2-13(10-16)15-9-3-4-11-5-7-12(14)8-6-11/h3-8,13,15-16H,2,9-10H2,1H3/b4-3+/t13-/m1/s1. The van der Waals surface area contributed by atoms with Crippen molar-refractivity contribution < 1.29 is 9.50 Å². The zero-order valence-corrected chi connectivity index (χ0v) is 9.49. The highest BCUT2D eigenvalue weighted by molar-refractivity contribution is 5.48. The fraction of sp³-hybridized carbons (Fsp3) is 0.385. The zero-order valence-electron chi connectivity index (χ0n) is 9.49. The third-order valence-corrected chi connectivity index (χ3v) is 2.42. The van der Waals surface area contributed by atoms with Gasteiger partial charge in [0.15, 0.2) is 0 Å². The molecule has 0 aliphatic heterocycles. The molecule has 1 aromatic carbocycles. The third kappa shape index (κ3) is 4.55. The van der Waals surface area contributed by atoms with E-state index in [9.17, 15) is 4.39 Å². The molecule has 0 aliphatic carbocycles. The number of aliphatic hydroxyl groups excluding tert-OH is 1. The smallest absolute Gasteiger partial charge is 0.123 e. The Kier molecular flexibility index (Phi) is 5.75. The van der Waals surface area contributed by atoms with Crippen molar-refractivity contribution in [1.29, 1.82) is 0 Å². The van der Waals surface area contributed by atoms with Crippen LogP contribution in [0, 0.1) is 5.82 Å². The van der Waals surface area contributed by atoms with E-state index in [-0.39, 0.29) is 18.5 Å². The first kappa shape index (κ1) is 12.9. The van der Waals surface area contributed by atoms with Gasteiger partial charge in [0.2, 0.25) is 0 Å². The molecule has 1 rings (SSSR count). The minimum absolute atomic E-state index is 0.151. The van der Waals surface area contributed by atoms with Gasteiger partial charge >= 0.3 is 0 Å². The molecule has 0 aromatic heterocycles. The molecule has 1 aromatic rings. The summed E-state index contributed by atoms with van der Waals surface area (Å²) in [5.41, 5.74) is 0.972. The highest BCUT2D eigenvalue weighted by Crippen LogP contribution is 2.04. The van der Waals surface area contributed by atoms with Crippen LogP contribution in [-0.2, 0) is 0 Å². The number of aliphatic hydroxyl groups is 1. The molecule has 2 nitrogen and oxygen atoms in total. The van der Waals surface area contributed by atoms with Crippen LogP contribution in [0.25, 0.3) is 6.08 Å². The van der Waals surface area contributed by atoms with Gasteiger partial charge in [0.25, 0.3) is 0 Å². The van der Waals surface area contributed by atoms with Crippen molar-refractivity contribution in [3.8, 4) is 0 Å². The van der Waals surface area contributed by atoms with Gasteiger partial charge < -0.3 is 10.4 Å². The minimum atomic E-state index is -0.221. The second-order valence-corrected chi connectivity index (χ2v) is 3.65. The summed E-state index contributed by atoms with van der Waals surface area (Å²) in [4.78, 5) is 0. The van der Waals surface area contributed by atoms with Gasteiger partial charge in [-0.25, -0.2) is 4.39 Å². The Balaban J connectivity index is 2.34. The third-order valence-electron chi connectivity index (χ3n) is 2.42. The predicted molar refractivity (Wildman–Crippen MR) is 64.6 cm³/mol. The fourth-order valence-electron chi connectivity index (χ4n) is 1.34. The van der Waals surface area contributed by atoms with E-state index in [0.717, 1.165) is 12.0 Å². The van der Waals surface area contributed by atoms with Crippen molar-refractivity contribution in [2.75, 3.05) is 13.2 Å². The first-order valence-electron chi connectivity index (χ1n) is 5.52. The number of nitrogens with one attached hydrogen (secondary N) is 1. The second-order valence-electron chi connectivity index (χ2n) is 3.65. The lowest BCUT2D eigenvalue weighted by Gasteiger charge is -2.11. The fourth-order valence-corrected chi connectivity index (χ4v) is 1.34. The monoisotopic (exact) mass is 223 g/mol. The molecule has 2 N–H and O–H groups in total. The molecule has 16 heavy (non-hydrogen) atoms. The Labute approximate surface area is 95.8 Å². The average Bonchev–Trinajstić information content (AvgIpc) is 2.32. The van der Waals surface area contributed by atoms with Crippen LogP contribution >= 0.6 is 0 Å². The Bertz CT molecular complexity index is 317. The van der Waals surface area contributed by atoms with E-state index in [1.807, 2.05) is 19.1 Å². The van der Waals surface area contributed by atoms with Crippen LogP contribution in [0.1, 0.15) is 18.9 Å². The molecular weight excluding hydrogens is 205 g/mol. The summed E-state index contributed by atoms with van der Waals surface area (Å²) < 4.78 is 12.6. The largest absolute Gasteiger partial charge is 0.395 e. The Morgan fingerprint density at radius 3 is 2.62 bits per heavy atom. The number of hydrogen-bond acceptors (Lipinski definition) is 2. The van der Waals surface area contributed by atoms with Gasteiger partial charge in [0.05, 0.1) is 6.61 Å². The summed E-state index contributed by atoms with van der Waals surface area (Å²) in [5, 5.41) is 12.1. The lowest BCUT2D eigenvalue weighted by atomic mass is 10.2. The summed E-state index contributed by atoms with van der Waals surface area (Å²) in [6.45, 7) is 2.88. The Morgan fingerprint density at radius 1 is 1.38 bits per heavy atom. The lowest BCUT2D eigenvalue weighted by Crippen LogP contribution is -2.31. The maximum Gasteiger partial charge on any atom is 0.123 e. The molecule has 0 heterocycles. The molecule has 0 aliphatic rings. The molecule has 0 unspecified atom stereocenters. The highest BCUT2D eigenvalue weighted by Gasteiger charge is 1.99. The van der Waals surface area contributed by atoms with E-state index in [4.69, 9.17) is 5.11 Å². The number of benzene rings is 1. The van der Waals surface area contributed by atoms with Crippen LogP contribution in [0.5, 0.6) is 0 Å². The summed E-state index contributed by atoms with van der Waals surface area (Å²) in [7, 11) is 0.